The summed E-state index contributed by atoms with van der Waals surface area (Å²) in [5.74, 6) is -1.83. The van der Waals surface area contributed by atoms with Gasteiger partial charge in [0.15, 0.2) is 0 Å². The van der Waals surface area contributed by atoms with E-state index in [9.17, 15) is 22.8 Å². The predicted molar refractivity (Wildman–Crippen MR) is 134 cm³/mol. The van der Waals surface area contributed by atoms with Gasteiger partial charge in [-0.15, -0.1) is 0 Å². The molecule has 1 aliphatic carbocycles. The minimum absolute atomic E-state index is 0.0190. The number of ether oxygens (including phenoxy) is 2. The summed E-state index contributed by atoms with van der Waals surface area (Å²) in [6.07, 6.45) is 3.52. The molecule has 0 bridgehead atoms. The average molecular weight is 536 g/mol. The van der Waals surface area contributed by atoms with Crippen LogP contribution in [0.25, 0.3) is 0 Å². The van der Waals surface area contributed by atoms with Crippen LogP contribution in [0.3, 0.4) is 0 Å². The molecule has 210 valence electrons. The van der Waals surface area contributed by atoms with Crippen molar-refractivity contribution in [2.75, 3.05) is 27.1 Å². The van der Waals surface area contributed by atoms with Crippen LogP contribution in [0.5, 0.6) is 0 Å². The molecule has 0 saturated heterocycles. The van der Waals surface area contributed by atoms with Gasteiger partial charge in [0.1, 0.15) is 6.73 Å². The van der Waals surface area contributed by atoms with Gasteiger partial charge in [0.2, 0.25) is 5.91 Å². The first-order valence-electron chi connectivity index (χ1n) is 12.7. The van der Waals surface area contributed by atoms with Crippen molar-refractivity contribution in [1.82, 2.24) is 5.32 Å². The maximum atomic E-state index is 13.1. The van der Waals surface area contributed by atoms with Crippen molar-refractivity contribution in [1.29, 1.82) is 0 Å². The smallest absolute Gasteiger partial charge is 0.311 e. The molecule has 0 radical (unpaired) electrons. The Balaban J connectivity index is 2.89. The molecule has 2 N–H and O–H groups in total. The summed E-state index contributed by atoms with van der Waals surface area (Å²) in [6, 6.07) is 0. The van der Waals surface area contributed by atoms with E-state index >= 15 is 0 Å². The summed E-state index contributed by atoms with van der Waals surface area (Å²) in [5, 5.41) is 11.0. The maximum absolute atomic E-state index is 13.1. The topological polar surface area (TPSA) is 145 Å². The molecule has 2 atom stereocenters. The molecule has 0 spiro atoms. The molecule has 1 rings (SSSR count). The number of aliphatic hydroxyl groups excluding tert-OH is 1. The number of carbonyl (C=O) groups is 3. The highest BCUT2D eigenvalue weighted by Gasteiger charge is 2.42. The van der Waals surface area contributed by atoms with Gasteiger partial charge in [0.05, 0.1) is 30.3 Å². The second kappa shape index (κ2) is 14.3. The van der Waals surface area contributed by atoms with Crippen molar-refractivity contribution in [2.45, 2.75) is 91.2 Å². The third-order valence-corrected chi connectivity index (χ3v) is 8.96. The fourth-order valence-corrected chi connectivity index (χ4v) is 5.78. The number of hydrogen-bond acceptors (Lipinski definition) is 9. The quantitative estimate of drug-likeness (QED) is 0.140. The van der Waals surface area contributed by atoms with Crippen LogP contribution >= 0.6 is 0 Å². The number of carbonyl (C=O) groups excluding carboxylic acids is 3. The molecule has 0 aliphatic heterocycles. The monoisotopic (exact) mass is 535 g/mol. The molecular formula is C25H45NO9S. The van der Waals surface area contributed by atoms with Crippen molar-refractivity contribution in [2.24, 2.45) is 22.7 Å². The lowest BCUT2D eigenvalue weighted by atomic mass is 9.72. The normalized spacial score (nSPS) is 21.2. The van der Waals surface area contributed by atoms with Gasteiger partial charge in [-0.3, -0.25) is 14.4 Å². The highest BCUT2D eigenvalue weighted by atomic mass is 32.2. The van der Waals surface area contributed by atoms with Crippen LogP contribution < -0.4 is 5.32 Å². The SMILES string of the molecule is CCC(C)(CC(CC(C)(C)C(=O)OC)C(=O)OCCCO)C(=O)NCOS(=O)(=O)C1CCC(C)CC1. The van der Waals surface area contributed by atoms with Gasteiger partial charge in [-0.25, -0.2) is 4.18 Å². The summed E-state index contributed by atoms with van der Waals surface area (Å²) < 4.78 is 40.3. The first-order valence-corrected chi connectivity index (χ1v) is 14.2. The summed E-state index contributed by atoms with van der Waals surface area (Å²) in [6.45, 7) is 8.27. The summed E-state index contributed by atoms with van der Waals surface area (Å²) in [7, 11) is -2.53. The zero-order valence-corrected chi connectivity index (χ0v) is 23.4. The minimum Gasteiger partial charge on any atom is -0.469 e. The Hall–Kier alpha value is -1.72. The molecule has 11 heteroatoms. The summed E-state index contributed by atoms with van der Waals surface area (Å²) in [4.78, 5) is 38.2. The minimum atomic E-state index is -3.80. The van der Waals surface area contributed by atoms with Crippen molar-refractivity contribution in [3.63, 3.8) is 0 Å². The average Bonchev–Trinajstić information content (AvgIpc) is 2.82. The zero-order chi connectivity index (χ0) is 27.6. The first kappa shape index (κ1) is 32.3. The van der Waals surface area contributed by atoms with Crippen molar-refractivity contribution in [3.8, 4) is 0 Å². The van der Waals surface area contributed by atoms with Crippen molar-refractivity contribution in [3.05, 3.63) is 0 Å². The molecule has 0 heterocycles. The Labute approximate surface area is 215 Å². The number of amides is 1. The summed E-state index contributed by atoms with van der Waals surface area (Å²) in [5.41, 5.74) is -2.06. The van der Waals surface area contributed by atoms with Gasteiger partial charge in [-0.2, -0.15) is 8.42 Å². The van der Waals surface area contributed by atoms with E-state index in [0.29, 0.717) is 25.2 Å². The number of esters is 2. The van der Waals surface area contributed by atoms with Gasteiger partial charge in [-0.1, -0.05) is 20.8 Å². The van der Waals surface area contributed by atoms with E-state index in [1.54, 1.807) is 27.7 Å². The van der Waals surface area contributed by atoms with E-state index in [4.69, 9.17) is 18.8 Å². The Morgan fingerprint density at radius 1 is 1.08 bits per heavy atom. The number of aliphatic hydroxyl groups is 1. The van der Waals surface area contributed by atoms with E-state index in [-0.39, 0.29) is 32.5 Å². The van der Waals surface area contributed by atoms with E-state index in [1.165, 1.54) is 7.11 Å². The van der Waals surface area contributed by atoms with Crippen LogP contribution in [0.15, 0.2) is 0 Å². The molecule has 1 saturated carbocycles. The predicted octanol–water partition coefficient (Wildman–Crippen LogP) is 2.92. The molecule has 1 amide bonds. The van der Waals surface area contributed by atoms with Crippen LogP contribution in [-0.4, -0.2) is 63.7 Å². The van der Waals surface area contributed by atoms with Crippen LogP contribution in [-0.2, 0) is 38.2 Å². The molecule has 10 nitrogen and oxygen atoms in total. The number of nitrogens with one attached hydrogen (secondary N) is 1. The molecule has 1 fully saturated rings. The molecule has 36 heavy (non-hydrogen) atoms. The molecule has 2 unspecified atom stereocenters. The molecular weight excluding hydrogens is 490 g/mol. The third kappa shape index (κ3) is 9.63. The molecule has 0 aromatic rings. The maximum Gasteiger partial charge on any atom is 0.311 e. The Morgan fingerprint density at radius 3 is 2.22 bits per heavy atom. The fourth-order valence-electron chi connectivity index (χ4n) is 4.52. The Morgan fingerprint density at radius 2 is 1.69 bits per heavy atom. The van der Waals surface area contributed by atoms with Crippen LogP contribution in [0.1, 0.15) is 86.0 Å². The van der Waals surface area contributed by atoms with Gasteiger partial charge in [0.25, 0.3) is 10.1 Å². The Bertz CT molecular complexity index is 834. The van der Waals surface area contributed by atoms with Gasteiger partial charge in [0, 0.05) is 18.4 Å². The van der Waals surface area contributed by atoms with Gasteiger partial charge >= 0.3 is 11.9 Å². The van der Waals surface area contributed by atoms with E-state index < -0.39 is 56.7 Å². The van der Waals surface area contributed by atoms with Crippen LogP contribution in [0.2, 0.25) is 0 Å². The van der Waals surface area contributed by atoms with Crippen molar-refractivity contribution >= 4 is 28.0 Å². The fraction of sp³-hybridized carbons (Fsp3) is 0.880. The van der Waals surface area contributed by atoms with Crippen LogP contribution in [0, 0.1) is 22.7 Å². The Kier molecular flexibility index (Phi) is 12.8. The molecule has 0 aromatic carbocycles. The first-order chi connectivity index (χ1) is 16.7. The standard InChI is InChI=1S/C25H45NO9S/c1-7-25(5,22(29)26-17-35-36(31,32)20-11-9-18(2)10-12-20)16-19(21(28)34-14-8-13-27)15-24(3,4)23(30)33-6/h18-20,27H,7-17H2,1-6H3,(H,26,29). The van der Waals surface area contributed by atoms with Crippen LogP contribution in [0.4, 0.5) is 0 Å². The number of methoxy groups -OCH3 is 1. The highest BCUT2D eigenvalue weighted by Crippen LogP contribution is 2.37. The van der Waals surface area contributed by atoms with Gasteiger partial charge in [-0.05, 0) is 64.7 Å². The molecule has 1 aliphatic rings. The largest absolute Gasteiger partial charge is 0.469 e. The van der Waals surface area contributed by atoms with E-state index in [1.807, 2.05) is 0 Å². The second-order valence-electron chi connectivity index (χ2n) is 10.8. The lowest BCUT2D eigenvalue weighted by Crippen LogP contribution is -2.44. The lowest BCUT2D eigenvalue weighted by molar-refractivity contribution is -0.157. The van der Waals surface area contributed by atoms with E-state index in [0.717, 1.165) is 12.8 Å². The van der Waals surface area contributed by atoms with Crippen molar-refractivity contribution < 1.29 is 41.6 Å². The molecule has 0 aromatic heterocycles. The lowest BCUT2D eigenvalue weighted by Gasteiger charge is -2.33. The third-order valence-electron chi connectivity index (χ3n) is 7.23. The summed E-state index contributed by atoms with van der Waals surface area (Å²) >= 11 is 0. The van der Waals surface area contributed by atoms with Gasteiger partial charge < -0.3 is 19.9 Å². The highest BCUT2D eigenvalue weighted by molar-refractivity contribution is 7.87. The van der Waals surface area contributed by atoms with E-state index in [2.05, 4.69) is 12.2 Å². The zero-order valence-electron chi connectivity index (χ0n) is 22.6. The second-order valence-corrected chi connectivity index (χ2v) is 12.7. The number of hydrogen-bond donors (Lipinski definition) is 2. The number of rotatable bonds is 15.